The van der Waals surface area contributed by atoms with Crippen LogP contribution in [0.25, 0.3) is 0 Å². The molecular weight excluding hydrogens is 230 g/mol. The SMILES string of the molecule is COc1ccc(C(CO)NC(C)C)c(OC)c1C. The summed E-state index contributed by atoms with van der Waals surface area (Å²) < 4.78 is 10.7. The molecule has 4 nitrogen and oxygen atoms in total. The molecule has 4 heteroatoms. The average molecular weight is 253 g/mol. The zero-order chi connectivity index (χ0) is 13.7. The second kappa shape index (κ2) is 6.61. The van der Waals surface area contributed by atoms with E-state index in [1.165, 1.54) is 0 Å². The molecule has 0 saturated carbocycles. The van der Waals surface area contributed by atoms with Gasteiger partial charge in [0.25, 0.3) is 0 Å². The van der Waals surface area contributed by atoms with Gasteiger partial charge in [-0.15, -0.1) is 0 Å². The summed E-state index contributed by atoms with van der Waals surface area (Å²) in [5.41, 5.74) is 1.90. The quantitative estimate of drug-likeness (QED) is 0.814. The number of methoxy groups -OCH3 is 2. The number of ether oxygens (including phenoxy) is 2. The minimum Gasteiger partial charge on any atom is -0.496 e. The largest absolute Gasteiger partial charge is 0.496 e. The Hall–Kier alpha value is -1.26. The standard InChI is InChI=1S/C14H23NO3/c1-9(2)15-12(8-16)11-6-7-13(17-4)10(3)14(11)18-5/h6-7,9,12,15-16H,8H2,1-5H3. The van der Waals surface area contributed by atoms with Crippen LogP contribution < -0.4 is 14.8 Å². The van der Waals surface area contributed by atoms with E-state index in [0.29, 0.717) is 0 Å². The van der Waals surface area contributed by atoms with Crippen molar-refractivity contribution in [2.75, 3.05) is 20.8 Å². The summed E-state index contributed by atoms with van der Waals surface area (Å²) in [5.74, 6) is 1.55. The smallest absolute Gasteiger partial charge is 0.130 e. The number of hydrogen-bond donors (Lipinski definition) is 2. The summed E-state index contributed by atoms with van der Waals surface area (Å²) in [4.78, 5) is 0. The van der Waals surface area contributed by atoms with E-state index in [2.05, 4.69) is 5.32 Å². The highest BCUT2D eigenvalue weighted by atomic mass is 16.5. The van der Waals surface area contributed by atoms with Crippen molar-refractivity contribution in [3.05, 3.63) is 23.3 Å². The van der Waals surface area contributed by atoms with Gasteiger partial charge in [0, 0.05) is 17.2 Å². The van der Waals surface area contributed by atoms with Crippen LogP contribution >= 0.6 is 0 Å². The van der Waals surface area contributed by atoms with Crippen molar-refractivity contribution in [2.45, 2.75) is 32.9 Å². The van der Waals surface area contributed by atoms with Crippen LogP contribution in [0.1, 0.15) is 31.0 Å². The minimum atomic E-state index is -0.135. The van der Waals surface area contributed by atoms with E-state index in [-0.39, 0.29) is 18.7 Å². The van der Waals surface area contributed by atoms with Crippen molar-refractivity contribution < 1.29 is 14.6 Å². The first-order valence-corrected chi connectivity index (χ1v) is 6.13. The summed E-state index contributed by atoms with van der Waals surface area (Å²) in [5, 5.41) is 12.8. The van der Waals surface area contributed by atoms with Crippen LogP contribution in [-0.2, 0) is 0 Å². The Morgan fingerprint density at radius 2 is 1.89 bits per heavy atom. The molecule has 0 aromatic heterocycles. The van der Waals surface area contributed by atoms with Crippen molar-refractivity contribution in [1.29, 1.82) is 0 Å². The van der Waals surface area contributed by atoms with Gasteiger partial charge in [0.15, 0.2) is 0 Å². The van der Waals surface area contributed by atoms with Gasteiger partial charge in [-0.1, -0.05) is 13.8 Å². The number of hydrogen-bond acceptors (Lipinski definition) is 4. The van der Waals surface area contributed by atoms with E-state index in [1.54, 1.807) is 14.2 Å². The second-order valence-electron chi connectivity index (χ2n) is 4.57. The highest BCUT2D eigenvalue weighted by Crippen LogP contribution is 2.34. The molecule has 1 aromatic carbocycles. The molecule has 1 rings (SSSR count). The highest BCUT2D eigenvalue weighted by Gasteiger charge is 2.19. The first-order chi connectivity index (χ1) is 8.54. The maximum absolute atomic E-state index is 9.52. The van der Waals surface area contributed by atoms with Gasteiger partial charge in [-0.05, 0) is 19.1 Å². The van der Waals surface area contributed by atoms with Gasteiger partial charge >= 0.3 is 0 Å². The van der Waals surface area contributed by atoms with Crippen molar-refractivity contribution in [3.8, 4) is 11.5 Å². The van der Waals surface area contributed by atoms with Gasteiger partial charge in [-0.3, -0.25) is 0 Å². The molecule has 0 saturated heterocycles. The molecule has 1 aromatic rings. The molecule has 0 radical (unpaired) electrons. The number of rotatable bonds is 6. The normalized spacial score (nSPS) is 12.6. The zero-order valence-corrected chi connectivity index (χ0v) is 11.8. The summed E-state index contributed by atoms with van der Waals surface area (Å²) in [6.07, 6.45) is 0. The third-order valence-electron chi connectivity index (χ3n) is 2.90. The lowest BCUT2D eigenvalue weighted by Crippen LogP contribution is -2.30. The molecule has 0 spiro atoms. The molecule has 0 fully saturated rings. The maximum Gasteiger partial charge on any atom is 0.130 e. The van der Waals surface area contributed by atoms with Gasteiger partial charge in [-0.2, -0.15) is 0 Å². The second-order valence-corrected chi connectivity index (χ2v) is 4.57. The van der Waals surface area contributed by atoms with Crippen LogP contribution in [0, 0.1) is 6.92 Å². The molecule has 1 atom stereocenters. The Morgan fingerprint density at radius 1 is 1.22 bits per heavy atom. The Labute approximate surface area is 109 Å². The Kier molecular flexibility index (Phi) is 5.44. The highest BCUT2D eigenvalue weighted by molar-refractivity contribution is 5.50. The summed E-state index contributed by atoms with van der Waals surface area (Å²) in [7, 11) is 3.27. The maximum atomic E-state index is 9.52. The average Bonchev–Trinajstić information content (AvgIpc) is 2.35. The van der Waals surface area contributed by atoms with Crippen LogP contribution in [0.4, 0.5) is 0 Å². The Balaban J connectivity index is 3.18. The molecule has 1 unspecified atom stereocenters. The molecule has 0 aliphatic heterocycles. The predicted molar refractivity (Wildman–Crippen MR) is 72.4 cm³/mol. The van der Waals surface area contributed by atoms with Crippen molar-refractivity contribution in [2.24, 2.45) is 0 Å². The van der Waals surface area contributed by atoms with E-state index in [0.717, 1.165) is 22.6 Å². The molecule has 2 N–H and O–H groups in total. The Bertz CT molecular complexity index is 391. The van der Waals surface area contributed by atoms with Gasteiger partial charge in [0.2, 0.25) is 0 Å². The van der Waals surface area contributed by atoms with Gasteiger partial charge in [-0.25, -0.2) is 0 Å². The number of aliphatic hydroxyl groups excluding tert-OH is 1. The van der Waals surface area contributed by atoms with Gasteiger partial charge in [0.05, 0.1) is 26.9 Å². The molecule has 0 heterocycles. The van der Waals surface area contributed by atoms with Gasteiger partial charge in [0.1, 0.15) is 11.5 Å². The van der Waals surface area contributed by atoms with Crippen molar-refractivity contribution in [1.82, 2.24) is 5.32 Å². The molecule has 0 aliphatic rings. The van der Waals surface area contributed by atoms with E-state index < -0.39 is 0 Å². The number of aliphatic hydroxyl groups is 1. The topological polar surface area (TPSA) is 50.7 Å². The molecule has 0 bridgehead atoms. The summed E-state index contributed by atoms with van der Waals surface area (Å²) >= 11 is 0. The van der Waals surface area contributed by atoms with Crippen LogP contribution in [-0.4, -0.2) is 32.0 Å². The zero-order valence-electron chi connectivity index (χ0n) is 11.8. The van der Waals surface area contributed by atoms with Crippen LogP contribution in [0.15, 0.2) is 12.1 Å². The molecule has 102 valence electrons. The fourth-order valence-corrected chi connectivity index (χ4v) is 2.10. The summed E-state index contributed by atoms with van der Waals surface area (Å²) in [6.45, 7) is 6.07. The molecule has 0 amide bonds. The number of benzene rings is 1. The lowest BCUT2D eigenvalue weighted by Gasteiger charge is -2.23. The molecule has 0 aliphatic carbocycles. The van der Waals surface area contributed by atoms with E-state index in [9.17, 15) is 5.11 Å². The fraction of sp³-hybridized carbons (Fsp3) is 0.571. The first kappa shape index (κ1) is 14.8. The third-order valence-corrected chi connectivity index (χ3v) is 2.90. The van der Waals surface area contributed by atoms with E-state index >= 15 is 0 Å². The lowest BCUT2D eigenvalue weighted by molar-refractivity contribution is 0.233. The van der Waals surface area contributed by atoms with Crippen molar-refractivity contribution in [3.63, 3.8) is 0 Å². The number of nitrogens with one attached hydrogen (secondary N) is 1. The minimum absolute atomic E-state index is 0.0281. The predicted octanol–water partition coefficient (Wildman–Crippen LogP) is 2.04. The fourth-order valence-electron chi connectivity index (χ4n) is 2.10. The molecule has 18 heavy (non-hydrogen) atoms. The molecular formula is C14H23NO3. The summed E-state index contributed by atoms with van der Waals surface area (Å²) in [6, 6.07) is 3.98. The first-order valence-electron chi connectivity index (χ1n) is 6.13. The van der Waals surface area contributed by atoms with E-state index in [4.69, 9.17) is 9.47 Å². The van der Waals surface area contributed by atoms with Crippen LogP contribution in [0.5, 0.6) is 11.5 Å². The van der Waals surface area contributed by atoms with Crippen LogP contribution in [0.2, 0.25) is 0 Å². The Morgan fingerprint density at radius 3 is 2.33 bits per heavy atom. The van der Waals surface area contributed by atoms with E-state index in [1.807, 2.05) is 32.9 Å². The third kappa shape index (κ3) is 3.15. The van der Waals surface area contributed by atoms with Crippen LogP contribution in [0.3, 0.4) is 0 Å². The van der Waals surface area contributed by atoms with Crippen molar-refractivity contribution >= 4 is 0 Å². The van der Waals surface area contributed by atoms with Gasteiger partial charge < -0.3 is 19.9 Å². The monoisotopic (exact) mass is 253 g/mol. The lowest BCUT2D eigenvalue weighted by atomic mass is 10.0.